The van der Waals surface area contributed by atoms with Crippen LogP contribution in [0.4, 0.5) is 0 Å². The molecule has 0 unspecified atom stereocenters. The Morgan fingerprint density at radius 3 is 1.62 bits per heavy atom. The first kappa shape index (κ1) is 27.4. The molecule has 0 amide bonds. The van der Waals surface area contributed by atoms with E-state index in [-0.39, 0.29) is 0 Å². The molecule has 222 valence electrons. The standard InChI is InChI=1S/C44H26N4/c45-27-29-17-24-44-39(25-29)38-12-4-5-13-40(38)47(44)33-21-18-30(19-22-33)31-20-23-34(32(26-31)28-46)35-9-1-6-14-41(35)48-42-15-7-2-10-36(42)37-11-3-8-16-43(37)48/h1-26H. The number of rotatable bonds is 4. The molecule has 0 radical (unpaired) electrons. The quantitative estimate of drug-likeness (QED) is 0.199. The van der Waals surface area contributed by atoms with Gasteiger partial charge in [-0.15, -0.1) is 0 Å². The van der Waals surface area contributed by atoms with Crippen molar-refractivity contribution in [2.24, 2.45) is 0 Å². The van der Waals surface area contributed by atoms with Gasteiger partial charge in [-0.05, 0) is 71.8 Å². The summed E-state index contributed by atoms with van der Waals surface area (Å²) in [5.74, 6) is 0. The maximum absolute atomic E-state index is 10.4. The number of benzene rings is 7. The van der Waals surface area contributed by atoms with Crippen LogP contribution in [0.3, 0.4) is 0 Å². The van der Waals surface area contributed by atoms with Crippen LogP contribution in [0.25, 0.3) is 77.2 Å². The minimum Gasteiger partial charge on any atom is -0.309 e. The molecular weight excluding hydrogens is 585 g/mol. The van der Waals surface area contributed by atoms with Gasteiger partial charge in [-0.2, -0.15) is 10.5 Å². The summed E-state index contributed by atoms with van der Waals surface area (Å²) >= 11 is 0. The van der Waals surface area contributed by atoms with Crippen LogP contribution < -0.4 is 0 Å². The smallest absolute Gasteiger partial charge is 0.0998 e. The van der Waals surface area contributed by atoms with Crippen molar-refractivity contribution in [2.45, 2.75) is 0 Å². The fourth-order valence-corrected chi connectivity index (χ4v) is 7.25. The van der Waals surface area contributed by atoms with Crippen molar-refractivity contribution in [1.82, 2.24) is 9.13 Å². The molecule has 48 heavy (non-hydrogen) atoms. The summed E-state index contributed by atoms with van der Waals surface area (Å²) in [5, 5.41) is 24.5. The van der Waals surface area contributed by atoms with Crippen LogP contribution >= 0.6 is 0 Å². The number of aromatic nitrogens is 2. The van der Waals surface area contributed by atoms with Crippen molar-refractivity contribution in [2.75, 3.05) is 0 Å². The van der Waals surface area contributed by atoms with Gasteiger partial charge in [0.25, 0.3) is 0 Å². The normalized spacial score (nSPS) is 11.3. The molecule has 0 fully saturated rings. The van der Waals surface area contributed by atoms with E-state index >= 15 is 0 Å². The first-order valence-corrected chi connectivity index (χ1v) is 15.9. The van der Waals surface area contributed by atoms with Crippen molar-refractivity contribution < 1.29 is 0 Å². The second-order valence-corrected chi connectivity index (χ2v) is 12.0. The molecule has 4 nitrogen and oxygen atoms in total. The van der Waals surface area contributed by atoms with Crippen LogP contribution in [0.15, 0.2) is 158 Å². The first-order valence-electron chi connectivity index (χ1n) is 15.9. The Morgan fingerprint density at radius 2 is 0.958 bits per heavy atom. The third kappa shape index (κ3) is 4.14. The molecule has 0 atom stereocenters. The van der Waals surface area contributed by atoms with Gasteiger partial charge in [0, 0.05) is 38.4 Å². The summed E-state index contributed by atoms with van der Waals surface area (Å²) in [6.45, 7) is 0. The predicted octanol–water partition coefficient (Wildman–Crippen LogP) is 11.0. The third-order valence-electron chi connectivity index (χ3n) is 9.42. The minimum atomic E-state index is 0.625. The van der Waals surface area contributed by atoms with E-state index in [0.29, 0.717) is 11.1 Å². The lowest BCUT2D eigenvalue weighted by Crippen LogP contribution is -1.98. The van der Waals surface area contributed by atoms with Gasteiger partial charge in [0.1, 0.15) is 0 Å². The molecule has 0 saturated carbocycles. The maximum atomic E-state index is 10.4. The topological polar surface area (TPSA) is 57.4 Å². The van der Waals surface area contributed by atoms with E-state index in [1.165, 1.54) is 10.8 Å². The van der Waals surface area contributed by atoms with E-state index in [0.717, 1.165) is 66.5 Å². The number of nitriles is 2. The molecule has 0 aliphatic heterocycles. The Balaban J connectivity index is 1.14. The lowest BCUT2D eigenvalue weighted by molar-refractivity contribution is 1.18. The fraction of sp³-hybridized carbons (Fsp3) is 0. The highest BCUT2D eigenvalue weighted by molar-refractivity contribution is 6.10. The number of fused-ring (bicyclic) bond motifs is 6. The van der Waals surface area contributed by atoms with Gasteiger partial charge < -0.3 is 9.13 Å². The van der Waals surface area contributed by atoms with E-state index in [1.807, 2.05) is 42.5 Å². The largest absolute Gasteiger partial charge is 0.309 e. The van der Waals surface area contributed by atoms with Crippen molar-refractivity contribution in [3.05, 3.63) is 169 Å². The molecule has 2 heterocycles. The van der Waals surface area contributed by atoms with E-state index in [2.05, 4.69) is 137 Å². The van der Waals surface area contributed by atoms with Gasteiger partial charge in [-0.1, -0.05) is 97.1 Å². The average molecular weight is 611 g/mol. The van der Waals surface area contributed by atoms with Crippen LogP contribution in [0, 0.1) is 22.7 Å². The van der Waals surface area contributed by atoms with Crippen LogP contribution in [0.1, 0.15) is 11.1 Å². The Morgan fingerprint density at radius 1 is 0.396 bits per heavy atom. The molecule has 0 bridgehead atoms. The van der Waals surface area contributed by atoms with E-state index in [9.17, 15) is 10.5 Å². The van der Waals surface area contributed by atoms with E-state index in [4.69, 9.17) is 0 Å². The Bertz CT molecular complexity index is 2750. The van der Waals surface area contributed by atoms with Gasteiger partial charge >= 0.3 is 0 Å². The van der Waals surface area contributed by atoms with Gasteiger partial charge in [0.05, 0.1) is 51.0 Å². The van der Waals surface area contributed by atoms with Crippen molar-refractivity contribution in [3.8, 4) is 45.8 Å². The highest BCUT2D eigenvalue weighted by Gasteiger charge is 2.18. The monoisotopic (exact) mass is 610 g/mol. The molecule has 2 aromatic heterocycles. The first-order chi connectivity index (χ1) is 23.7. The molecule has 9 rings (SSSR count). The molecule has 0 N–H and O–H groups in total. The number of nitrogens with zero attached hydrogens (tertiary/aromatic N) is 4. The maximum Gasteiger partial charge on any atom is 0.0998 e. The van der Waals surface area contributed by atoms with Gasteiger partial charge in [0.15, 0.2) is 0 Å². The van der Waals surface area contributed by atoms with E-state index in [1.54, 1.807) is 0 Å². The van der Waals surface area contributed by atoms with Gasteiger partial charge in [0.2, 0.25) is 0 Å². The summed E-state index contributed by atoms with van der Waals surface area (Å²) in [7, 11) is 0. The summed E-state index contributed by atoms with van der Waals surface area (Å²) in [6.07, 6.45) is 0. The lowest BCUT2D eigenvalue weighted by Gasteiger charge is -2.16. The van der Waals surface area contributed by atoms with Gasteiger partial charge in [-0.25, -0.2) is 0 Å². The lowest BCUT2D eigenvalue weighted by atomic mass is 9.94. The molecule has 7 aromatic carbocycles. The van der Waals surface area contributed by atoms with Crippen LogP contribution in [-0.2, 0) is 0 Å². The Labute approximate surface area is 277 Å². The molecule has 0 aliphatic rings. The molecule has 0 saturated heterocycles. The predicted molar refractivity (Wildman–Crippen MR) is 195 cm³/mol. The van der Waals surface area contributed by atoms with Crippen LogP contribution in [-0.4, -0.2) is 9.13 Å². The number of hydrogen-bond donors (Lipinski definition) is 0. The fourth-order valence-electron chi connectivity index (χ4n) is 7.25. The average Bonchev–Trinajstić information content (AvgIpc) is 3.67. The minimum absolute atomic E-state index is 0.625. The molecule has 4 heteroatoms. The van der Waals surface area contributed by atoms with Crippen LogP contribution in [0.2, 0.25) is 0 Å². The van der Waals surface area contributed by atoms with Crippen molar-refractivity contribution in [1.29, 1.82) is 10.5 Å². The van der Waals surface area contributed by atoms with Gasteiger partial charge in [-0.3, -0.25) is 0 Å². The summed E-state index contributed by atoms with van der Waals surface area (Å²) < 4.78 is 4.55. The Hall–Kier alpha value is -6.88. The van der Waals surface area contributed by atoms with E-state index < -0.39 is 0 Å². The summed E-state index contributed by atoms with van der Waals surface area (Å²) in [6, 6.07) is 58.9. The second kappa shape index (κ2) is 10.9. The molecule has 0 spiro atoms. The zero-order valence-corrected chi connectivity index (χ0v) is 25.8. The summed E-state index contributed by atoms with van der Waals surface area (Å²) in [5.41, 5.74) is 11.7. The molecule has 9 aromatic rings. The number of hydrogen-bond acceptors (Lipinski definition) is 2. The molecule has 0 aliphatic carbocycles. The third-order valence-corrected chi connectivity index (χ3v) is 9.42. The second-order valence-electron chi connectivity index (χ2n) is 12.0. The Kier molecular flexibility index (Phi) is 6.22. The highest BCUT2D eigenvalue weighted by atomic mass is 15.0. The van der Waals surface area contributed by atoms with Crippen molar-refractivity contribution >= 4 is 43.6 Å². The zero-order valence-electron chi connectivity index (χ0n) is 25.8. The van der Waals surface area contributed by atoms with Crippen molar-refractivity contribution in [3.63, 3.8) is 0 Å². The molecular formula is C44H26N4. The zero-order chi connectivity index (χ0) is 32.2. The SMILES string of the molecule is N#Cc1ccc2c(c1)c1ccccc1n2-c1ccc(-c2ccc(-c3ccccc3-n3c4ccccc4c4ccccc43)c(C#N)c2)cc1. The number of para-hydroxylation sites is 4. The summed E-state index contributed by atoms with van der Waals surface area (Å²) in [4.78, 5) is 0. The highest BCUT2D eigenvalue weighted by Crippen LogP contribution is 2.38. The van der Waals surface area contributed by atoms with Crippen LogP contribution in [0.5, 0.6) is 0 Å².